The van der Waals surface area contributed by atoms with Gasteiger partial charge in [0.15, 0.2) is 0 Å². The molecule has 0 unspecified atom stereocenters. The molecule has 0 aliphatic rings. The second-order valence-electron chi connectivity index (χ2n) is 4.07. The van der Waals surface area contributed by atoms with E-state index in [4.69, 9.17) is 4.74 Å². The summed E-state index contributed by atoms with van der Waals surface area (Å²) in [4.78, 5) is 15.6. The lowest BCUT2D eigenvalue weighted by Crippen LogP contribution is -2.14. The summed E-state index contributed by atoms with van der Waals surface area (Å²) in [7, 11) is -3.73. The Bertz CT molecular complexity index is 730. The Labute approximate surface area is 122 Å². The number of hydrogen-bond acceptors (Lipinski definition) is 5. The summed E-state index contributed by atoms with van der Waals surface area (Å²) >= 11 is 0. The van der Waals surface area contributed by atoms with Crippen molar-refractivity contribution in [1.29, 1.82) is 0 Å². The smallest absolute Gasteiger partial charge is 0.338 e. The molecule has 0 saturated heterocycles. The van der Waals surface area contributed by atoms with Crippen molar-refractivity contribution in [2.75, 3.05) is 11.3 Å². The zero-order valence-corrected chi connectivity index (χ0v) is 12.1. The highest BCUT2D eigenvalue weighted by atomic mass is 32.2. The fraction of sp³-hybridized carbons (Fsp3) is 0.143. The summed E-state index contributed by atoms with van der Waals surface area (Å²) in [5, 5.41) is 0. The molecular formula is C14H14N2O4S. The Morgan fingerprint density at radius 1 is 1.24 bits per heavy atom. The molecule has 0 radical (unpaired) electrons. The molecule has 0 atom stereocenters. The predicted octanol–water partition coefficient (Wildman–Crippen LogP) is 2.06. The van der Waals surface area contributed by atoms with Gasteiger partial charge in [0.2, 0.25) is 0 Å². The number of carbonyl (C=O) groups excluding carboxylic acids is 1. The molecule has 0 bridgehead atoms. The fourth-order valence-corrected chi connectivity index (χ4v) is 2.64. The molecule has 1 heterocycles. The van der Waals surface area contributed by atoms with Gasteiger partial charge in [-0.15, -0.1) is 0 Å². The van der Waals surface area contributed by atoms with Crippen molar-refractivity contribution >= 4 is 21.8 Å². The number of ether oxygens (including phenoxy) is 1. The maximum atomic E-state index is 12.1. The van der Waals surface area contributed by atoms with Gasteiger partial charge in [-0.1, -0.05) is 18.2 Å². The standard InChI is InChI=1S/C14H14N2O4S/c1-2-20-14(17)11-8-9-15-13(10-11)16-21(18,19)12-6-4-3-5-7-12/h3-10H,2H2,1H3,(H,15,16). The molecule has 0 amide bonds. The van der Waals surface area contributed by atoms with Crippen LogP contribution in [0.25, 0.3) is 0 Å². The Kier molecular flexibility index (Phi) is 4.54. The van der Waals surface area contributed by atoms with Crippen molar-refractivity contribution in [3.05, 3.63) is 54.2 Å². The average molecular weight is 306 g/mol. The number of nitrogens with zero attached hydrogens (tertiary/aromatic N) is 1. The number of hydrogen-bond donors (Lipinski definition) is 1. The van der Waals surface area contributed by atoms with E-state index < -0.39 is 16.0 Å². The predicted molar refractivity (Wildman–Crippen MR) is 77.4 cm³/mol. The van der Waals surface area contributed by atoms with E-state index in [0.29, 0.717) is 0 Å². The molecule has 0 aliphatic heterocycles. The molecule has 6 nitrogen and oxygen atoms in total. The quantitative estimate of drug-likeness (QED) is 0.855. The van der Waals surface area contributed by atoms with E-state index in [-0.39, 0.29) is 22.9 Å². The maximum absolute atomic E-state index is 12.1. The van der Waals surface area contributed by atoms with Crippen LogP contribution in [0.3, 0.4) is 0 Å². The summed E-state index contributed by atoms with van der Waals surface area (Å²) < 4.78 is 31.5. The van der Waals surface area contributed by atoms with Crippen molar-refractivity contribution < 1.29 is 17.9 Å². The summed E-state index contributed by atoms with van der Waals surface area (Å²) in [6.45, 7) is 1.93. The molecule has 1 aromatic heterocycles. The van der Waals surface area contributed by atoms with Gasteiger partial charge in [0.25, 0.3) is 10.0 Å². The number of sulfonamides is 1. The van der Waals surface area contributed by atoms with Crippen LogP contribution in [-0.2, 0) is 14.8 Å². The molecule has 110 valence electrons. The second kappa shape index (κ2) is 6.36. The first-order chi connectivity index (χ1) is 10.0. The molecule has 1 N–H and O–H groups in total. The number of aromatic nitrogens is 1. The molecule has 1 aromatic carbocycles. The van der Waals surface area contributed by atoms with Gasteiger partial charge in [-0.05, 0) is 31.2 Å². The van der Waals surface area contributed by atoms with Gasteiger partial charge >= 0.3 is 5.97 Å². The average Bonchev–Trinajstić information content (AvgIpc) is 2.48. The number of pyridine rings is 1. The zero-order chi connectivity index (χ0) is 15.3. The van der Waals surface area contributed by atoms with Crippen LogP contribution in [-0.4, -0.2) is 26.0 Å². The monoisotopic (exact) mass is 306 g/mol. The minimum atomic E-state index is -3.73. The molecule has 0 spiro atoms. The summed E-state index contributed by atoms with van der Waals surface area (Å²) in [6, 6.07) is 10.7. The lowest BCUT2D eigenvalue weighted by Gasteiger charge is -2.08. The van der Waals surface area contributed by atoms with Crippen LogP contribution in [0.2, 0.25) is 0 Å². The Morgan fingerprint density at radius 3 is 2.62 bits per heavy atom. The van der Waals surface area contributed by atoms with Gasteiger partial charge in [0.1, 0.15) is 5.82 Å². The molecule has 2 aromatic rings. The fourth-order valence-electron chi connectivity index (χ4n) is 1.62. The van der Waals surface area contributed by atoms with Gasteiger partial charge in [-0.2, -0.15) is 0 Å². The van der Waals surface area contributed by atoms with Crippen LogP contribution in [0.5, 0.6) is 0 Å². The first kappa shape index (κ1) is 15.0. The molecule has 7 heteroatoms. The van der Waals surface area contributed by atoms with Gasteiger partial charge in [0.05, 0.1) is 17.1 Å². The van der Waals surface area contributed by atoms with E-state index in [1.54, 1.807) is 25.1 Å². The number of carbonyl (C=O) groups is 1. The van der Waals surface area contributed by atoms with Crippen molar-refractivity contribution in [3.63, 3.8) is 0 Å². The van der Waals surface area contributed by atoms with Crippen LogP contribution in [0.15, 0.2) is 53.6 Å². The molecule has 21 heavy (non-hydrogen) atoms. The number of nitrogens with one attached hydrogen (secondary N) is 1. The van der Waals surface area contributed by atoms with Gasteiger partial charge in [0, 0.05) is 6.20 Å². The second-order valence-corrected chi connectivity index (χ2v) is 5.75. The Morgan fingerprint density at radius 2 is 1.95 bits per heavy atom. The van der Waals surface area contributed by atoms with Gasteiger partial charge < -0.3 is 4.74 Å². The first-order valence-corrected chi connectivity index (χ1v) is 7.72. The number of anilines is 1. The highest BCUT2D eigenvalue weighted by molar-refractivity contribution is 7.92. The van der Waals surface area contributed by atoms with Crippen molar-refractivity contribution in [3.8, 4) is 0 Å². The van der Waals surface area contributed by atoms with Crippen molar-refractivity contribution in [2.24, 2.45) is 0 Å². The van der Waals surface area contributed by atoms with Crippen molar-refractivity contribution in [2.45, 2.75) is 11.8 Å². The van der Waals surface area contributed by atoms with Gasteiger partial charge in [-0.3, -0.25) is 4.72 Å². The largest absolute Gasteiger partial charge is 0.462 e. The lowest BCUT2D eigenvalue weighted by molar-refractivity contribution is 0.0526. The third kappa shape index (κ3) is 3.79. The third-order valence-corrected chi connectivity index (χ3v) is 3.93. The van der Waals surface area contributed by atoms with Crippen LogP contribution in [0.4, 0.5) is 5.82 Å². The molecule has 0 saturated carbocycles. The first-order valence-electron chi connectivity index (χ1n) is 6.24. The summed E-state index contributed by atoms with van der Waals surface area (Å²) in [6.07, 6.45) is 1.34. The van der Waals surface area contributed by atoms with E-state index in [1.807, 2.05) is 0 Å². The number of esters is 1. The van der Waals surface area contributed by atoms with E-state index in [0.717, 1.165) is 0 Å². The van der Waals surface area contributed by atoms with E-state index in [2.05, 4.69) is 9.71 Å². The molecule has 0 fully saturated rings. The van der Waals surface area contributed by atoms with Crippen LogP contribution in [0.1, 0.15) is 17.3 Å². The third-order valence-electron chi connectivity index (χ3n) is 2.56. The highest BCUT2D eigenvalue weighted by Crippen LogP contribution is 2.15. The number of rotatable bonds is 5. The van der Waals surface area contributed by atoms with E-state index >= 15 is 0 Å². The minimum absolute atomic E-state index is 0.0596. The lowest BCUT2D eigenvalue weighted by atomic mass is 10.3. The highest BCUT2D eigenvalue weighted by Gasteiger charge is 2.15. The number of benzene rings is 1. The van der Waals surface area contributed by atoms with E-state index in [9.17, 15) is 13.2 Å². The van der Waals surface area contributed by atoms with E-state index in [1.165, 1.54) is 30.5 Å². The molecule has 0 aliphatic carbocycles. The minimum Gasteiger partial charge on any atom is -0.462 e. The molecular weight excluding hydrogens is 292 g/mol. The normalized spacial score (nSPS) is 10.9. The van der Waals surface area contributed by atoms with Gasteiger partial charge in [-0.25, -0.2) is 18.2 Å². The van der Waals surface area contributed by atoms with Crippen LogP contribution in [0, 0.1) is 0 Å². The Balaban J connectivity index is 2.24. The SMILES string of the molecule is CCOC(=O)c1ccnc(NS(=O)(=O)c2ccccc2)c1. The maximum Gasteiger partial charge on any atom is 0.338 e. The van der Waals surface area contributed by atoms with Crippen molar-refractivity contribution in [1.82, 2.24) is 4.98 Å². The summed E-state index contributed by atoms with van der Waals surface area (Å²) in [5.41, 5.74) is 0.234. The zero-order valence-electron chi connectivity index (χ0n) is 11.3. The topological polar surface area (TPSA) is 85.4 Å². The van der Waals surface area contributed by atoms with Crippen LogP contribution < -0.4 is 4.72 Å². The Hall–Kier alpha value is -2.41. The van der Waals surface area contributed by atoms with Crippen LogP contribution >= 0.6 is 0 Å². The molecule has 2 rings (SSSR count). The summed E-state index contributed by atoms with van der Waals surface area (Å²) in [5.74, 6) is -0.468.